The molecule has 0 spiro atoms. The van der Waals surface area contributed by atoms with Crippen molar-refractivity contribution in [3.63, 3.8) is 0 Å². The van der Waals surface area contributed by atoms with Gasteiger partial charge >= 0.3 is 11.9 Å². The van der Waals surface area contributed by atoms with Gasteiger partial charge in [0.1, 0.15) is 6.04 Å². The van der Waals surface area contributed by atoms with Crippen molar-refractivity contribution >= 4 is 23.7 Å². The standard InChI is InChI=1S/C4H7NO2S.C4H9NO2/c6-4(7)3-1-8-2-5-3;5-3-1-2-4(6)7/h3,5H,1-2H2,(H,6,7);1-3,5H2,(H,6,7)/t3-;/m0./s1. The van der Waals surface area contributed by atoms with Gasteiger partial charge < -0.3 is 15.9 Å². The number of nitrogens with two attached hydrogens (primary N) is 1. The minimum Gasteiger partial charge on any atom is -0.481 e. The van der Waals surface area contributed by atoms with Gasteiger partial charge in [-0.2, -0.15) is 0 Å². The fourth-order valence-corrected chi connectivity index (χ4v) is 1.74. The van der Waals surface area contributed by atoms with Crippen LogP contribution in [0.15, 0.2) is 0 Å². The van der Waals surface area contributed by atoms with E-state index in [1.807, 2.05) is 0 Å². The van der Waals surface area contributed by atoms with E-state index in [4.69, 9.17) is 15.9 Å². The van der Waals surface area contributed by atoms with Crippen molar-refractivity contribution in [1.82, 2.24) is 5.32 Å². The molecule has 1 saturated heterocycles. The van der Waals surface area contributed by atoms with E-state index in [1.165, 1.54) is 0 Å². The van der Waals surface area contributed by atoms with Crippen LogP contribution in [-0.4, -0.2) is 46.4 Å². The number of nitrogens with one attached hydrogen (secondary N) is 1. The fourth-order valence-electron chi connectivity index (χ4n) is 0.807. The van der Waals surface area contributed by atoms with Crippen LogP contribution in [0.1, 0.15) is 12.8 Å². The molecule has 1 aliphatic rings. The Morgan fingerprint density at radius 3 is 2.33 bits per heavy atom. The Morgan fingerprint density at radius 2 is 2.13 bits per heavy atom. The third-order valence-corrected chi connectivity index (χ3v) is 2.55. The lowest BCUT2D eigenvalue weighted by Gasteiger charge is -1.98. The monoisotopic (exact) mass is 236 g/mol. The lowest BCUT2D eigenvalue weighted by molar-refractivity contribution is -0.139. The largest absolute Gasteiger partial charge is 0.481 e. The molecule has 0 aromatic rings. The molecule has 1 fully saturated rings. The molecule has 0 amide bonds. The van der Waals surface area contributed by atoms with Crippen LogP contribution in [0.3, 0.4) is 0 Å². The highest BCUT2D eigenvalue weighted by Gasteiger charge is 2.20. The van der Waals surface area contributed by atoms with E-state index in [1.54, 1.807) is 11.8 Å². The summed E-state index contributed by atoms with van der Waals surface area (Å²) < 4.78 is 0. The summed E-state index contributed by atoms with van der Waals surface area (Å²) in [6.07, 6.45) is 0.770. The normalized spacial score (nSPS) is 19.1. The second kappa shape index (κ2) is 8.51. The smallest absolute Gasteiger partial charge is 0.321 e. The Kier molecular flexibility index (Phi) is 8.06. The van der Waals surface area contributed by atoms with Crippen LogP contribution in [0.2, 0.25) is 0 Å². The van der Waals surface area contributed by atoms with E-state index in [0.29, 0.717) is 18.7 Å². The number of aliphatic carboxylic acids is 2. The number of carbonyl (C=O) groups is 2. The number of carboxylic acid groups (broad SMARTS) is 2. The molecular weight excluding hydrogens is 220 g/mol. The maximum atomic E-state index is 10.1. The molecule has 7 heteroatoms. The summed E-state index contributed by atoms with van der Waals surface area (Å²) in [4.78, 5) is 19.8. The maximum absolute atomic E-state index is 10.1. The van der Waals surface area contributed by atoms with Gasteiger partial charge in [-0.3, -0.25) is 14.9 Å². The van der Waals surface area contributed by atoms with Gasteiger partial charge in [0.2, 0.25) is 0 Å². The Labute approximate surface area is 92.2 Å². The van der Waals surface area contributed by atoms with E-state index >= 15 is 0 Å². The lowest BCUT2D eigenvalue weighted by Crippen LogP contribution is -2.32. The third kappa shape index (κ3) is 8.22. The van der Waals surface area contributed by atoms with Crippen molar-refractivity contribution in [3.8, 4) is 0 Å². The highest BCUT2D eigenvalue weighted by Crippen LogP contribution is 2.08. The molecule has 0 bridgehead atoms. The Hall–Kier alpha value is -0.790. The summed E-state index contributed by atoms with van der Waals surface area (Å²) in [6.45, 7) is 0.465. The molecule has 1 rings (SSSR count). The minimum absolute atomic E-state index is 0.191. The number of thioether (sulfide) groups is 1. The average Bonchev–Trinajstić information content (AvgIpc) is 2.68. The zero-order valence-electron chi connectivity index (χ0n) is 8.31. The van der Waals surface area contributed by atoms with E-state index < -0.39 is 11.9 Å². The van der Waals surface area contributed by atoms with Crippen LogP contribution in [-0.2, 0) is 9.59 Å². The first kappa shape index (κ1) is 14.2. The first-order valence-corrected chi connectivity index (χ1v) is 5.69. The lowest BCUT2D eigenvalue weighted by atomic mass is 10.3. The first-order valence-electron chi connectivity index (χ1n) is 4.53. The van der Waals surface area contributed by atoms with Crippen LogP contribution in [0.5, 0.6) is 0 Å². The maximum Gasteiger partial charge on any atom is 0.321 e. The number of hydrogen-bond acceptors (Lipinski definition) is 5. The van der Waals surface area contributed by atoms with Crippen molar-refractivity contribution in [1.29, 1.82) is 0 Å². The fraction of sp³-hybridized carbons (Fsp3) is 0.750. The van der Waals surface area contributed by atoms with Gasteiger partial charge in [-0.1, -0.05) is 0 Å². The molecule has 0 unspecified atom stereocenters. The predicted molar refractivity (Wildman–Crippen MR) is 57.8 cm³/mol. The molecule has 6 nitrogen and oxygen atoms in total. The van der Waals surface area contributed by atoms with Gasteiger partial charge in [-0.15, -0.1) is 11.8 Å². The topological polar surface area (TPSA) is 113 Å². The Bertz CT molecular complexity index is 207. The molecule has 1 atom stereocenters. The van der Waals surface area contributed by atoms with Gasteiger partial charge in [-0.05, 0) is 13.0 Å². The van der Waals surface area contributed by atoms with E-state index in [2.05, 4.69) is 5.32 Å². The van der Waals surface area contributed by atoms with Gasteiger partial charge in [0.05, 0.1) is 0 Å². The zero-order valence-corrected chi connectivity index (χ0v) is 9.13. The Morgan fingerprint density at radius 1 is 1.47 bits per heavy atom. The molecule has 0 radical (unpaired) electrons. The quantitative estimate of drug-likeness (QED) is 0.522. The summed E-state index contributed by atoms with van der Waals surface area (Å²) in [5, 5.41) is 19.1. The summed E-state index contributed by atoms with van der Waals surface area (Å²) in [7, 11) is 0. The molecule has 0 aliphatic carbocycles. The molecule has 15 heavy (non-hydrogen) atoms. The number of rotatable bonds is 4. The molecule has 0 saturated carbocycles. The van der Waals surface area contributed by atoms with Crippen LogP contribution in [0.25, 0.3) is 0 Å². The molecule has 5 N–H and O–H groups in total. The third-order valence-electron chi connectivity index (χ3n) is 1.61. The van der Waals surface area contributed by atoms with E-state index in [9.17, 15) is 9.59 Å². The van der Waals surface area contributed by atoms with E-state index in [-0.39, 0.29) is 12.5 Å². The first-order chi connectivity index (χ1) is 7.07. The summed E-state index contributed by atoms with van der Waals surface area (Å²) in [5.41, 5.74) is 5.01. The van der Waals surface area contributed by atoms with Crippen LogP contribution >= 0.6 is 11.8 Å². The van der Waals surface area contributed by atoms with Crippen LogP contribution < -0.4 is 11.1 Å². The molecular formula is C8H16N2O4S. The van der Waals surface area contributed by atoms with Crippen molar-refractivity contribution in [2.45, 2.75) is 18.9 Å². The second-order valence-electron chi connectivity index (χ2n) is 2.90. The highest BCUT2D eigenvalue weighted by atomic mass is 32.2. The number of hydrogen-bond donors (Lipinski definition) is 4. The molecule has 0 aromatic carbocycles. The van der Waals surface area contributed by atoms with Gasteiger partial charge in [0, 0.05) is 18.1 Å². The summed E-state index contributed by atoms with van der Waals surface area (Å²) >= 11 is 1.62. The molecule has 1 heterocycles. The van der Waals surface area contributed by atoms with E-state index in [0.717, 1.165) is 5.88 Å². The summed E-state index contributed by atoms with van der Waals surface area (Å²) in [5.74, 6) is -0.0350. The molecule has 1 aliphatic heterocycles. The molecule has 88 valence electrons. The second-order valence-corrected chi connectivity index (χ2v) is 3.93. The SMILES string of the molecule is NCCCC(=O)O.O=C(O)[C@@H]1CSCN1. The van der Waals surface area contributed by atoms with Crippen molar-refractivity contribution in [3.05, 3.63) is 0 Å². The molecule has 0 aromatic heterocycles. The van der Waals surface area contributed by atoms with Crippen molar-refractivity contribution in [2.75, 3.05) is 18.2 Å². The summed E-state index contributed by atoms with van der Waals surface area (Å²) in [6, 6.07) is -0.306. The minimum atomic E-state index is -0.773. The number of carboxylic acids is 2. The zero-order chi connectivity index (χ0) is 11.7. The predicted octanol–water partition coefficient (Wildman–Crippen LogP) is -0.457. The highest BCUT2D eigenvalue weighted by molar-refractivity contribution is 7.99. The van der Waals surface area contributed by atoms with Gasteiger partial charge in [-0.25, -0.2) is 0 Å². The van der Waals surface area contributed by atoms with Crippen molar-refractivity contribution < 1.29 is 19.8 Å². The van der Waals surface area contributed by atoms with Crippen LogP contribution in [0.4, 0.5) is 0 Å². The van der Waals surface area contributed by atoms with Crippen LogP contribution in [0, 0.1) is 0 Å². The van der Waals surface area contributed by atoms with Gasteiger partial charge in [0.15, 0.2) is 0 Å². The average molecular weight is 236 g/mol. The van der Waals surface area contributed by atoms with Gasteiger partial charge in [0.25, 0.3) is 0 Å². The Balaban J connectivity index is 0.000000265. The van der Waals surface area contributed by atoms with Crippen molar-refractivity contribution in [2.24, 2.45) is 5.73 Å².